The van der Waals surface area contributed by atoms with Gasteiger partial charge in [0.1, 0.15) is 11.1 Å². The zero-order valence-electron chi connectivity index (χ0n) is 37.4. The maximum Gasteiger partial charge on any atom is 0.222 e. The molecule has 0 atom stereocenters. The first kappa shape index (κ1) is 48.8. The van der Waals surface area contributed by atoms with E-state index in [1.807, 2.05) is 59.4 Å². The number of rotatable bonds is 27. The number of carbonyl (C=O) groups is 2. The van der Waals surface area contributed by atoms with Crippen LogP contribution in [0.4, 0.5) is 0 Å². The highest BCUT2D eigenvalue weighted by Crippen LogP contribution is 2.40. The van der Waals surface area contributed by atoms with Crippen LogP contribution in [0.3, 0.4) is 0 Å². The van der Waals surface area contributed by atoms with E-state index >= 15 is 0 Å². The van der Waals surface area contributed by atoms with Crippen LogP contribution in [0, 0.1) is 17.3 Å². The molecule has 14 heteroatoms. The van der Waals surface area contributed by atoms with Crippen molar-refractivity contribution in [3.8, 4) is 34.2 Å². The fourth-order valence-corrected chi connectivity index (χ4v) is 7.89. The van der Waals surface area contributed by atoms with Gasteiger partial charge in [-0.25, -0.2) is 4.98 Å². The lowest BCUT2D eigenvalue weighted by Crippen LogP contribution is -2.29. The molecular weight excluding hydrogens is 825 g/mol. The number of nitrogens with two attached hydrogens (primary N) is 1. The van der Waals surface area contributed by atoms with Gasteiger partial charge in [0, 0.05) is 49.5 Å². The summed E-state index contributed by atoms with van der Waals surface area (Å²) in [5.41, 5.74) is 12.4. The molecule has 5 N–H and O–H groups in total. The highest BCUT2D eigenvalue weighted by Gasteiger charge is 2.26. The smallest absolute Gasteiger partial charge is 0.222 e. The molecule has 1 saturated carbocycles. The minimum absolute atomic E-state index is 0.0400. The number of ether oxygens (including phenoxy) is 5. The Bertz CT molecular complexity index is 2350. The summed E-state index contributed by atoms with van der Waals surface area (Å²) in [7, 11) is 0. The fourth-order valence-electron chi connectivity index (χ4n) is 7.89. The summed E-state index contributed by atoms with van der Waals surface area (Å²) in [6.07, 6.45) is 7.55. The Kier molecular flexibility index (Phi) is 20.2. The molecule has 0 saturated heterocycles. The normalized spacial score (nSPS) is 14.8. The molecule has 6 rings (SSSR count). The molecule has 3 aromatic carbocycles. The van der Waals surface area contributed by atoms with Crippen LogP contribution in [0.15, 0.2) is 91.3 Å². The molecule has 0 spiro atoms. The second kappa shape index (κ2) is 27.0. The number of unbranched alkanes of at least 4 members (excludes halogenated alkanes) is 2. The number of carbonyl (C=O) groups excluding carboxylic acids is 2. The van der Waals surface area contributed by atoms with Gasteiger partial charge in [0.25, 0.3) is 0 Å². The lowest BCUT2D eigenvalue weighted by Gasteiger charge is -2.27. The van der Waals surface area contributed by atoms with E-state index in [9.17, 15) is 20.1 Å². The lowest BCUT2D eigenvalue weighted by atomic mass is 9.93. The zero-order chi connectivity index (χ0) is 45.5. The molecule has 5 aromatic rings. The van der Waals surface area contributed by atoms with Crippen LogP contribution in [0.5, 0.6) is 0 Å². The minimum atomic E-state index is -0.384. The Balaban J connectivity index is 0.935. The Hall–Kier alpha value is -5.66. The maximum absolute atomic E-state index is 12.3. The van der Waals surface area contributed by atoms with Crippen LogP contribution in [0.2, 0.25) is 0 Å². The average molecular weight is 889 g/mol. The van der Waals surface area contributed by atoms with Gasteiger partial charge in [0.2, 0.25) is 11.8 Å². The summed E-state index contributed by atoms with van der Waals surface area (Å²) < 4.78 is 31.4. The lowest BCUT2D eigenvalue weighted by molar-refractivity contribution is -0.122. The number of hydrogen-bond acceptors (Lipinski definition) is 10. The molecule has 0 bridgehead atoms. The van der Waals surface area contributed by atoms with Gasteiger partial charge >= 0.3 is 0 Å². The SMILES string of the molecule is N=c1c2c(-c3ccccc3)c(-c3ccccc3)n(Cc3cccc(C#CCCCCNC(=O)CCOCCOCCOCCOCCOCCC(N)=O)c3)c2ncn1C1CCC(O)CC1. The Morgan fingerprint density at radius 3 is 1.98 bits per heavy atom. The van der Waals surface area contributed by atoms with E-state index in [0.29, 0.717) is 91.1 Å². The van der Waals surface area contributed by atoms with E-state index in [-0.39, 0.29) is 30.4 Å². The van der Waals surface area contributed by atoms with Crippen molar-refractivity contribution in [2.75, 3.05) is 72.6 Å². The predicted octanol–water partition coefficient (Wildman–Crippen LogP) is 6.16. The molecule has 1 aliphatic carbocycles. The van der Waals surface area contributed by atoms with Crippen molar-refractivity contribution in [3.05, 3.63) is 108 Å². The van der Waals surface area contributed by atoms with E-state index < -0.39 is 0 Å². The summed E-state index contributed by atoms with van der Waals surface area (Å²) in [5.74, 6) is 6.25. The quantitative estimate of drug-likeness (QED) is 0.0354. The number of benzene rings is 3. The van der Waals surface area contributed by atoms with Crippen molar-refractivity contribution < 1.29 is 38.4 Å². The number of hydrogen-bond donors (Lipinski definition) is 4. The molecule has 65 heavy (non-hydrogen) atoms. The summed E-state index contributed by atoms with van der Waals surface area (Å²) in [5, 5.41) is 23.6. The van der Waals surface area contributed by atoms with Gasteiger partial charge in [-0.1, -0.05) is 84.6 Å². The topological polar surface area (TPSA) is 185 Å². The largest absolute Gasteiger partial charge is 0.393 e. The van der Waals surface area contributed by atoms with Crippen LogP contribution in [0.1, 0.15) is 75.0 Å². The molecule has 0 unspecified atom stereocenters. The van der Waals surface area contributed by atoms with Crippen LogP contribution in [-0.4, -0.2) is 110 Å². The number of fused-ring (bicyclic) bond motifs is 1. The van der Waals surface area contributed by atoms with Crippen molar-refractivity contribution in [2.45, 2.75) is 76.5 Å². The first-order valence-corrected chi connectivity index (χ1v) is 22.9. The predicted molar refractivity (Wildman–Crippen MR) is 250 cm³/mol. The number of nitrogens with zero attached hydrogens (tertiary/aromatic N) is 3. The number of aliphatic hydroxyl groups is 1. The van der Waals surface area contributed by atoms with Gasteiger partial charge in [0.15, 0.2) is 0 Å². The van der Waals surface area contributed by atoms with Gasteiger partial charge in [-0.05, 0) is 67.3 Å². The maximum atomic E-state index is 12.3. The number of nitrogens with one attached hydrogen (secondary N) is 2. The first-order chi connectivity index (χ1) is 31.9. The summed E-state index contributed by atoms with van der Waals surface area (Å²) in [6, 6.07) is 29.1. The van der Waals surface area contributed by atoms with Crippen molar-refractivity contribution in [3.63, 3.8) is 0 Å². The Labute approximate surface area is 381 Å². The van der Waals surface area contributed by atoms with Crippen LogP contribution >= 0.6 is 0 Å². The molecule has 14 nitrogen and oxygen atoms in total. The van der Waals surface area contributed by atoms with E-state index in [0.717, 1.165) is 89.5 Å². The third kappa shape index (κ3) is 15.5. The average Bonchev–Trinajstić information content (AvgIpc) is 3.65. The summed E-state index contributed by atoms with van der Waals surface area (Å²) in [6.45, 7) is 5.20. The molecule has 2 heterocycles. The number of aliphatic hydroxyl groups excluding tert-OH is 1. The summed E-state index contributed by atoms with van der Waals surface area (Å²) in [4.78, 5) is 28.0. The minimum Gasteiger partial charge on any atom is -0.393 e. The van der Waals surface area contributed by atoms with Crippen LogP contribution < -0.4 is 16.5 Å². The molecule has 1 aliphatic rings. The standard InChI is InChI=1S/C51H64N6O8/c52-45(59)23-26-61-28-30-63-32-34-65-35-33-64-31-29-62-27-24-46(60)54-25-10-2-1-5-12-39-13-11-14-40(36-39)37-56-49(42-17-8-4-9-18-42)47(41-15-6-3-7-16-41)48-50(53)57(38-55-51(48)56)43-19-21-44(58)22-20-43/h3-4,6-9,11,13-18,36,38,43-44,53,58H,1-2,10,19-35,37H2,(H2,52,59)(H,54,60). The van der Waals surface area contributed by atoms with Crippen molar-refractivity contribution in [2.24, 2.45) is 5.73 Å². The Morgan fingerprint density at radius 2 is 1.35 bits per heavy atom. The van der Waals surface area contributed by atoms with Crippen molar-refractivity contribution >= 4 is 22.8 Å². The van der Waals surface area contributed by atoms with Crippen molar-refractivity contribution in [1.82, 2.24) is 19.4 Å². The third-order valence-electron chi connectivity index (χ3n) is 11.2. The van der Waals surface area contributed by atoms with E-state index in [1.54, 1.807) is 0 Å². The molecule has 2 amide bonds. The van der Waals surface area contributed by atoms with Gasteiger partial charge in [-0.2, -0.15) is 0 Å². The van der Waals surface area contributed by atoms with Crippen LogP contribution in [0.25, 0.3) is 33.4 Å². The molecule has 0 radical (unpaired) electrons. The zero-order valence-corrected chi connectivity index (χ0v) is 37.4. The van der Waals surface area contributed by atoms with E-state index in [2.05, 4.69) is 58.1 Å². The second-order valence-corrected chi connectivity index (χ2v) is 16.0. The number of primary amides is 1. The fraction of sp³-hybridized carbons (Fsp3) is 0.451. The first-order valence-electron chi connectivity index (χ1n) is 22.9. The molecular formula is C51H64N6O8. The summed E-state index contributed by atoms with van der Waals surface area (Å²) >= 11 is 0. The van der Waals surface area contributed by atoms with Gasteiger partial charge in [0.05, 0.1) is 89.6 Å². The monoisotopic (exact) mass is 888 g/mol. The second-order valence-electron chi connectivity index (χ2n) is 16.0. The van der Waals surface area contributed by atoms with Gasteiger partial charge in [-0.3, -0.25) is 15.0 Å². The van der Waals surface area contributed by atoms with Crippen LogP contribution in [-0.2, 0) is 39.8 Å². The van der Waals surface area contributed by atoms with Gasteiger partial charge in [-0.15, -0.1) is 0 Å². The van der Waals surface area contributed by atoms with Gasteiger partial charge < -0.3 is 49.0 Å². The Morgan fingerprint density at radius 1 is 0.754 bits per heavy atom. The van der Waals surface area contributed by atoms with E-state index in [4.69, 9.17) is 34.4 Å². The van der Waals surface area contributed by atoms with E-state index in [1.165, 1.54) is 0 Å². The molecule has 0 aliphatic heterocycles. The highest BCUT2D eigenvalue weighted by molar-refractivity contribution is 6.02. The molecule has 346 valence electrons. The molecule has 1 fully saturated rings. The molecule has 2 aromatic heterocycles. The number of amides is 2. The highest BCUT2D eigenvalue weighted by atomic mass is 16.6. The third-order valence-corrected chi connectivity index (χ3v) is 11.2. The van der Waals surface area contributed by atoms with Crippen molar-refractivity contribution in [1.29, 1.82) is 5.41 Å². The number of aromatic nitrogens is 3.